The van der Waals surface area contributed by atoms with E-state index >= 15 is 0 Å². The molecule has 1 aliphatic heterocycles. The largest absolute Gasteiger partial charge is 0.475 e. The lowest BCUT2D eigenvalue weighted by Gasteiger charge is -2.20. The van der Waals surface area contributed by atoms with Gasteiger partial charge in [-0.15, -0.1) is 5.10 Å². The van der Waals surface area contributed by atoms with E-state index in [1.54, 1.807) is 7.05 Å². The molecule has 30 heavy (non-hydrogen) atoms. The molecule has 3 rings (SSSR count). The number of carbonyl (C=O) groups excluding carboxylic acids is 1. The number of amides is 2. The van der Waals surface area contributed by atoms with E-state index in [4.69, 9.17) is 21.2 Å². The highest BCUT2D eigenvalue weighted by molar-refractivity contribution is 6.29. The molecule has 9 heteroatoms. The molecule has 8 nitrogen and oxygen atoms in total. The van der Waals surface area contributed by atoms with E-state index in [9.17, 15) is 4.79 Å². The number of halogens is 1. The Balaban J connectivity index is 1.61. The van der Waals surface area contributed by atoms with E-state index in [0.717, 1.165) is 53.6 Å². The van der Waals surface area contributed by atoms with Gasteiger partial charge in [0.15, 0.2) is 0 Å². The fourth-order valence-electron chi connectivity index (χ4n) is 3.33. The summed E-state index contributed by atoms with van der Waals surface area (Å²) in [6.07, 6.45) is 6.62. The second kappa shape index (κ2) is 11.0. The minimum absolute atomic E-state index is 0.285. The van der Waals surface area contributed by atoms with Gasteiger partial charge in [-0.25, -0.2) is 4.79 Å². The number of urea groups is 1. The summed E-state index contributed by atoms with van der Waals surface area (Å²) in [5, 5.41) is 12.8. The Labute approximate surface area is 181 Å². The summed E-state index contributed by atoms with van der Waals surface area (Å²) < 4.78 is 6.00. The van der Waals surface area contributed by atoms with Crippen molar-refractivity contribution in [3.05, 3.63) is 58.3 Å². The number of hydrogen-bond donors (Lipinski definition) is 3. The van der Waals surface area contributed by atoms with Gasteiger partial charge in [-0.3, -0.25) is 5.01 Å². The molecular formula is C21H28ClN5O3. The molecule has 0 bridgehead atoms. The molecule has 0 saturated heterocycles. The van der Waals surface area contributed by atoms with Gasteiger partial charge in [0, 0.05) is 30.6 Å². The normalized spacial score (nSPS) is 17.0. The van der Waals surface area contributed by atoms with E-state index in [0.29, 0.717) is 13.0 Å². The van der Waals surface area contributed by atoms with Crippen LogP contribution in [0.15, 0.2) is 52.2 Å². The zero-order valence-electron chi connectivity index (χ0n) is 17.3. The number of benzene rings is 1. The molecule has 0 saturated carbocycles. The molecule has 1 aliphatic carbocycles. The molecule has 0 radical (unpaired) electrons. The molecule has 1 aromatic rings. The lowest BCUT2D eigenvalue weighted by atomic mass is 10.0. The Bertz CT molecular complexity index is 840. The molecule has 2 amide bonds. The van der Waals surface area contributed by atoms with Gasteiger partial charge in [0.05, 0.1) is 13.7 Å². The molecule has 162 valence electrons. The van der Waals surface area contributed by atoms with Crippen LogP contribution in [0.4, 0.5) is 4.79 Å². The molecule has 1 aromatic carbocycles. The van der Waals surface area contributed by atoms with Crippen LogP contribution in [0.2, 0.25) is 0 Å². The van der Waals surface area contributed by atoms with Crippen LogP contribution in [0.25, 0.3) is 0 Å². The second-order valence-electron chi connectivity index (χ2n) is 7.00. The number of rotatable bonds is 8. The molecule has 0 fully saturated rings. The van der Waals surface area contributed by atoms with Crippen molar-refractivity contribution in [2.75, 3.05) is 20.7 Å². The van der Waals surface area contributed by atoms with Gasteiger partial charge in [-0.2, -0.15) is 5.48 Å². The first-order chi connectivity index (χ1) is 14.6. The van der Waals surface area contributed by atoms with Gasteiger partial charge in [-0.05, 0) is 36.1 Å². The van der Waals surface area contributed by atoms with Crippen molar-refractivity contribution in [1.29, 1.82) is 0 Å². The summed E-state index contributed by atoms with van der Waals surface area (Å²) in [5.74, 6) is 0.724. The number of nitrogens with one attached hydrogen (secondary N) is 3. The first kappa shape index (κ1) is 22.1. The van der Waals surface area contributed by atoms with Gasteiger partial charge in [0.2, 0.25) is 5.90 Å². The molecular weight excluding hydrogens is 406 g/mol. The van der Waals surface area contributed by atoms with Gasteiger partial charge in [0.25, 0.3) is 0 Å². The van der Waals surface area contributed by atoms with Crippen LogP contribution in [0.3, 0.4) is 0 Å². The lowest BCUT2D eigenvalue weighted by Crippen LogP contribution is -2.49. The Morgan fingerprint density at radius 3 is 2.73 bits per heavy atom. The summed E-state index contributed by atoms with van der Waals surface area (Å²) in [6.45, 7) is 1.22. The summed E-state index contributed by atoms with van der Waals surface area (Å²) in [6, 6.07) is 7.68. The molecule has 1 unspecified atom stereocenters. The minimum Gasteiger partial charge on any atom is -0.475 e. The number of hydrazone groups is 1. The van der Waals surface area contributed by atoms with Gasteiger partial charge in [-0.1, -0.05) is 35.9 Å². The van der Waals surface area contributed by atoms with Gasteiger partial charge >= 0.3 is 6.03 Å². The zero-order valence-corrected chi connectivity index (χ0v) is 18.0. The van der Waals surface area contributed by atoms with E-state index < -0.39 is 0 Å². The number of hydroxylamine groups is 1. The SMILES string of the molecule is CNC(=O)NC(Cc1ccccc1COC1=NN(C2=CC=C(Cl)CC2)CC1)NOC. The molecule has 0 spiro atoms. The number of carbonyl (C=O) groups is 1. The fraction of sp³-hybridized carbons (Fsp3) is 0.429. The Morgan fingerprint density at radius 2 is 2.03 bits per heavy atom. The third-order valence-corrected chi connectivity index (χ3v) is 5.22. The Hall–Kier alpha value is -2.55. The monoisotopic (exact) mass is 433 g/mol. The van der Waals surface area contributed by atoms with Crippen LogP contribution in [-0.2, 0) is 22.6 Å². The summed E-state index contributed by atoms with van der Waals surface area (Å²) in [4.78, 5) is 16.7. The van der Waals surface area contributed by atoms with E-state index in [1.165, 1.54) is 7.11 Å². The fourth-order valence-corrected chi connectivity index (χ4v) is 3.49. The van der Waals surface area contributed by atoms with Crippen LogP contribution in [-0.4, -0.2) is 43.8 Å². The number of allylic oxidation sites excluding steroid dienone is 4. The molecule has 1 heterocycles. The first-order valence-electron chi connectivity index (χ1n) is 9.95. The van der Waals surface area contributed by atoms with Crippen molar-refractivity contribution >= 4 is 23.5 Å². The first-order valence-corrected chi connectivity index (χ1v) is 10.3. The highest BCUT2D eigenvalue weighted by Gasteiger charge is 2.21. The minimum atomic E-state index is -0.381. The van der Waals surface area contributed by atoms with Crippen molar-refractivity contribution in [3.8, 4) is 0 Å². The average Bonchev–Trinajstić information content (AvgIpc) is 3.22. The number of ether oxygens (including phenoxy) is 1. The molecule has 0 aromatic heterocycles. The smallest absolute Gasteiger partial charge is 0.315 e. The predicted molar refractivity (Wildman–Crippen MR) is 116 cm³/mol. The quantitative estimate of drug-likeness (QED) is 0.433. The van der Waals surface area contributed by atoms with Crippen LogP contribution in [0.5, 0.6) is 0 Å². The zero-order chi connectivity index (χ0) is 21.3. The highest BCUT2D eigenvalue weighted by atomic mass is 35.5. The Morgan fingerprint density at radius 1 is 1.23 bits per heavy atom. The standard InChI is InChI=1S/C21H28ClN5O3/c1-23-21(28)24-19(26-29-2)13-15-5-3-4-6-16(15)14-30-20-11-12-27(25-20)18-9-7-17(22)8-10-18/h3-7,9,19,26H,8,10-14H2,1-2H3,(H2,23,24,28). The third kappa shape index (κ3) is 6.22. The molecule has 2 aliphatic rings. The maximum Gasteiger partial charge on any atom is 0.315 e. The third-order valence-electron chi connectivity index (χ3n) is 4.91. The predicted octanol–water partition coefficient (Wildman–Crippen LogP) is 2.97. The maximum absolute atomic E-state index is 11.7. The van der Waals surface area contributed by atoms with Crippen molar-refractivity contribution < 1.29 is 14.4 Å². The summed E-state index contributed by atoms with van der Waals surface area (Å²) >= 11 is 6.04. The van der Waals surface area contributed by atoms with Crippen molar-refractivity contribution in [2.45, 2.75) is 38.5 Å². The lowest BCUT2D eigenvalue weighted by molar-refractivity contribution is 0.0531. The van der Waals surface area contributed by atoms with Crippen LogP contribution in [0, 0.1) is 0 Å². The van der Waals surface area contributed by atoms with Gasteiger partial charge < -0.3 is 20.2 Å². The highest BCUT2D eigenvalue weighted by Crippen LogP contribution is 2.26. The van der Waals surface area contributed by atoms with E-state index in [2.05, 4.69) is 21.2 Å². The average molecular weight is 434 g/mol. The van der Waals surface area contributed by atoms with Gasteiger partial charge in [0.1, 0.15) is 12.8 Å². The van der Waals surface area contributed by atoms with E-state index in [1.807, 2.05) is 41.4 Å². The van der Waals surface area contributed by atoms with Crippen molar-refractivity contribution in [2.24, 2.45) is 5.10 Å². The van der Waals surface area contributed by atoms with Crippen LogP contribution < -0.4 is 16.1 Å². The molecule has 3 N–H and O–H groups in total. The maximum atomic E-state index is 11.7. The van der Waals surface area contributed by atoms with Crippen LogP contribution >= 0.6 is 11.6 Å². The number of nitrogens with zero attached hydrogens (tertiary/aromatic N) is 2. The second-order valence-corrected chi connectivity index (χ2v) is 7.48. The summed E-state index contributed by atoms with van der Waals surface area (Å²) in [7, 11) is 3.09. The number of hydrogen-bond acceptors (Lipinski definition) is 6. The Kier molecular flexibility index (Phi) is 8.12. The summed E-state index contributed by atoms with van der Waals surface area (Å²) in [5.41, 5.74) is 6.05. The topological polar surface area (TPSA) is 87.2 Å². The van der Waals surface area contributed by atoms with Crippen molar-refractivity contribution in [1.82, 2.24) is 21.1 Å². The van der Waals surface area contributed by atoms with Crippen molar-refractivity contribution in [3.63, 3.8) is 0 Å². The molecule has 1 atom stereocenters. The van der Waals surface area contributed by atoms with Crippen LogP contribution in [0.1, 0.15) is 30.4 Å². The van der Waals surface area contributed by atoms with E-state index in [-0.39, 0.29) is 12.2 Å².